The van der Waals surface area contributed by atoms with Gasteiger partial charge < -0.3 is 15.0 Å². The van der Waals surface area contributed by atoms with Crippen LogP contribution in [0, 0.1) is 0 Å². The Labute approximate surface area is 108 Å². The van der Waals surface area contributed by atoms with Gasteiger partial charge in [-0.3, -0.25) is 4.98 Å². The van der Waals surface area contributed by atoms with Crippen molar-refractivity contribution in [2.45, 2.75) is 38.9 Å². The zero-order chi connectivity index (χ0) is 13.6. The van der Waals surface area contributed by atoms with Gasteiger partial charge in [-0.15, -0.1) is 0 Å². The second-order valence-corrected chi connectivity index (χ2v) is 5.49. The predicted octanol–water partition coefficient (Wildman–Crippen LogP) is 1.61. The van der Waals surface area contributed by atoms with E-state index in [0.29, 0.717) is 11.4 Å². The summed E-state index contributed by atoms with van der Waals surface area (Å²) in [7, 11) is -0.503. The second kappa shape index (κ2) is 4.11. The van der Waals surface area contributed by atoms with E-state index in [1.165, 1.54) is 0 Å². The molecule has 1 aromatic heterocycles. The first-order valence-electron chi connectivity index (χ1n) is 6.01. The van der Waals surface area contributed by atoms with Crippen molar-refractivity contribution < 1.29 is 9.31 Å². The lowest BCUT2D eigenvalue weighted by atomic mass is 9.76. The van der Waals surface area contributed by atoms with Crippen molar-refractivity contribution in [2.24, 2.45) is 0 Å². The number of rotatable bonds is 2. The Kier molecular flexibility index (Phi) is 2.99. The van der Waals surface area contributed by atoms with Crippen molar-refractivity contribution in [1.82, 2.24) is 4.98 Å². The van der Waals surface area contributed by atoms with Crippen LogP contribution < -0.4 is 11.2 Å². The Bertz CT molecular complexity index is 470. The SMILES string of the molecule is C=Cc1nccc(N)c1B1OC(C)(C)C(C)(C)O1. The van der Waals surface area contributed by atoms with Crippen LogP contribution in [0.3, 0.4) is 0 Å². The van der Waals surface area contributed by atoms with Crippen LogP contribution >= 0.6 is 0 Å². The van der Waals surface area contributed by atoms with E-state index in [-0.39, 0.29) is 0 Å². The molecule has 0 atom stereocenters. The number of pyridine rings is 1. The van der Waals surface area contributed by atoms with Crippen molar-refractivity contribution in [1.29, 1.82) is 0 Å². The first kappa shape index (κ1) is 13.1. The maximum Gasteiger partial charge on any atom is 0.499 e. The van der Waals surface area contributed by atoms with Crippen molar-refractivity contribution >= 4 is 24.3 Å². The van der Waals surface area contributed by atoms with Crippen LogP contribution in [0.1, 0.15) is 33.4 Å². The molecule has 18 heavy (non-hydrogen) atoms. The first-order chi connectivity index (χ1) is 8.28. The summed E-state index contributed by atoms with van der Waals surface area (Å²) in [6.45, 7) is 11.8. The molecule has 0 unspecified atom stereocenters. The molecule has 1 aliphatic rings. The summed E-state index contributed by atoms with van der Waals surface area (Å²) >= 11 is 0. The van der Waals surface area contributed by atoms with Gasteiger partial charge in [-0.25, -0.2) is 0 Å². The third-order valence-electron chi connectivity index (χ3n) is 3.74. The standard InChI is InChI=1S/C13H19BN2O2/c1-6-10-11(9(15)7-8-16-10)14-17-12(2,3)13(4,5)18-14/h6-8H,1H2,2-5H3,(H2,15,16). The quantitative estimate of drug-likeness (QED) is 0.805. The number of hydrogen-bond acceptors (Lipinski definition) is 4. The van der Waals surface area contributed by atoms with Gasteiger partial charge in [0.15, 0.2) is 0 Å². The molecule has 0 radical (unpaired) electrons. The van der Waals surface area contributed by atoms with Crippen LogP contribution in [0.4, 0.5) is 5.69 Å². The number of aromatic nitrogens is 1. The van der Waals surface area contributed by atoms with Crippen LogP contribution in [-0.4, -0.2) is 23.3 Å². The molecule has 0 spiro atoms. The fourth-order valence-corrected chi connectivity index (χ4v) is 1.89. The van der Waals surface area contributed by atoms with E-state index in [0.717, 1.165) is 5.46 Å². The molecule has 2 N–H and O–H groups in total. The molecule has 5 heteroatoms. The van der Waals surface area contributed by atoms with E-state index in [1.54, 1.807) is 18.3 Å². The highest BCUT2D eigenvalue weighted by atomic mass is 16.7. The van der Waals surface area contributed by atoms with Crippen LogP contribution in [0.15, 0.2) is 18.8 Å². The van der Waals surface area contributed by atoms with Gasteiger partial charge in [-0.1, -0.05) is 6.58 Å². The van der Waals surface area contributed by atoms with Crippen LogP contribution in [0.25, 0.3) is 6.08 Å². The first-order valence-corrected chi connectivity index (χ1v) is 6.01. The van der Waals surface area contributed by atoms with Crippen molar-refractivity contribution in [3.05, 3.63) is 24.5 Å². The zero-order valence-corrected chi connectivity index (χ0v) is 11.4. The van der Waals surface area contributed by atoms with Crippen molar-refractivity contribution in [2.75, 3.05) is 5.73 Å². The molecular weight excluding hydrogens is 227 g/mol. The van der Waals surface area contributed by atoms with E-state index >= 15 is 0 Å². The topological polar surface area (TPSA) is 57.4 Å². The minimum atomic E-state index is -0.503. The van der Waals surface area contributed by atoms with E-state index in [1.807, 2.05) is 27.7 Å². The van der Waals surface area contributed by atoms with Gasteiger partial charge in [-0.05, 0) is 39.8 Å². The third-order valence-corrected chi connectivity index (χ3v) is 3.74. The normalized spacial score (nSPS) is 21.0. The van der Waals surface area contributed by atoms with E-state index < -0.39 is 18.3 Å². The molecule has 2 rings (SSSR count). The number of nitrogens with zero attached hydrogens (tertiary/aromatic N) is 1. The summed E-state index contributed by atoms with van der Waals surface area (Å²) in [5, 5.41) is 0. The van der Waals surface area contributed by atoms with Crippen molar-refractivity contribution in [3.8, 4) is 0 Å². The molecule has 1 aliphatic heterocycles. The monoisotopic (exact) mass is 246 g/mol. The van der Waals surface area contributed by atoms with E-state index in [9.17, 15) is 0 Å². The summed E-state index contributed by atoms with van der Waals surface area (Å²) in [4.78, 5) is 4.24. The van der Waals surface area contributed by atoms with E-state index in [4.69, 9.17) is 15.0 Å². The summed E-state index contributed by atoms with van der Waals surface area (Å²) in [5.74, 6) is 0. The number of nitrogen functional groups attached to an aromatic ring is 1. The molecule has 0 aromatic carbocycles. The molecule has 2 heterocycles. The smallest absolute Gasteiger partial charge is 0.399 e. The maximum atomic E-state index is 6.01. The largest absolute Gasteiger partial charge is 0.499 e. The summed E-state index contributed by atoms with van der Waals surface area (Å²) in [6.07, 6.45) is 3.32. The maximum absolute atomic E-state index is 6.01. The molecule has 1 aromatic rings. The summed E-state index contributed by atoms with van der Waals surface area (Å²) in [6, 6.07) is 1.74. The van der Waals surface area contributed by atoms with Crippen LogP contribution in [0.2, 0.25) is 0 Å². The fraction of sp³-hybridized carbons (Fsp3) is 0.462. The summed E-state index contributed by atoms with van der Waals surface area (Å²) < 4.78 is 12.0. The minimum Gasteiger partial charge on any atom is -0.399 e. The highest BCUT2D eigenvalue weighted by molar-refractivity contribution is 6.64. The van der Waals surface area contributed by atoms with Gasteiger partial charge >= 0.3 is 7.12 Å². The highest BCUT2D eigenvalue weighted by Gasteiger charge is 2.52. The van der Waals surface area contributed by atoms with Gasteiger partial charge in [0.05, 0.1) is 16.9 Å². The average molecular weight is 246 g/mol. The molecule has 0 amide bonds. The molecule has 1 saturated heterocycles. The molecule has 0 saturated carbocycles. The number of anilines is 1. The Morgan fingerprint density at radius 1 is 1.28 bits per heavy atom. The molecule has 4 nitrogen and oxygen atoms in total. The lowest BCUT2D eigenvalue weighted by Crippen LogP contribution is -2.41. The molecule has 0 bridgehead atoms. The molecule has 1 fully saturated rings. The predicted molar refractivity (Wildman–Crippen MR) is 74.5 cm³/mol. The Morgan fingerprint density at radius 2 is 1.83 bits per heavy atom. The summed E-state index contributed by atoms with van der Waals surface area (Å²) in [5.41, 5.74) is 7.29. The molecular formula is C13H19BN2O2. The highest BCUT2D eigenvalue weighted by Crippen LogP contribution is 2.37. The Hall–Kier alpha value is -1.33. The average Bonchev–Trinajstić information content (AvgIpc) is 2.47. The van der Waals surface area contributed by atoms with E-state index in [2.05, 4.69) is 11.6 Å². The Balaban J connectivity index is 2.44. The van der Waals surface area contributed by atoms with Gasteiger partial charge in [-0.2, -0.15) is 0 Å². The Morgan fingerprint density at radius 3 is 2.33 bits per heavy atom. The van der Waals surface area contributed by atoms with Gasteiger partial charge in [0, 0.05) is 17.3 Å². The van der Waals surface area contributed by atoms with Crippen LogP contribution in [0.5, 0.6) is 0 Å². The van der Waals surface area contributed by atoms with Crippen LogP contribution in [-0.2, 0) is 9.31 Å². The number of hydrogen-bond donors (Lipinski definition) is 1. The third kappa shape index (κ3) is 1.93. The zero-order valence-electron chi connectivity index (χ0n) is 11.4. The van der Waals surface area contributed by atoms with Crippen molar-refractivity contribution in [3.63, 3.8) is 0 Å². The fourth-order valence-electron chi connectivity index (χ4n) is 1.89. The van der Waals surface area contributed by atoms with Gasteiger partial charge in [0.1, 0.15) is 0 Å². The number of nitrogens with two attached hydrogens (primary N) is 1. The second-order valence-electron chi connectivity index (χ2n) is 5.49. The van der Waals surface area contributed by atoms with Gasteiger partial charge in [0.2, 0.25) is 0 Å². The lowest BCUT2D eigenvalue weighted by Gasteiger charge is -2.32. The molecule has 96 valence electrons. The van der Waals surface area contributed by atoms with Gasteiger partial charge in [0.25, 0.3) is 0 Å². The molecule has 0 aliphatic carbocycles. The lowest BCUT2D eigenvalue weighted by molar-refractivity contribution is 0.00578. The minimum absolute atomic E-state index is 0.390.